The predicted octanol–water partition coefficient (Wildman–Crippen LogP) is 4.30. The summed E-state index contributed by atoms with van der Waals surface area (Å²) in [5, 5.41) is 3.50. The zero-order chi connectivity index (χ0) is 17.8. The summed E-state index contributed by atoms with van der Waals surface area (Å²) in [5.74, 6) is 2.47. The Kier molecular flexibility index (Phi) is 5.53. The Morgan fingerprint density at radius 3 is 2.24 bits per heavy atom. The van der Waals surface area contributed by atoms with Gasteiger partial charge in [0.2, 0.25) is 5.95 Å². The van der Waals surface area contributed by atoms with Crippen molar-refractivity contribution in [2.75, 3.05) is 36.5 Å². The van der Waals surface area contributed by atoms with Crippen LogP contribution in [0.25, 0.3) is 0 Å². The number of nitrogens with zero attached hydrogens (tertiary/aromatic N) is 3. The summed E-state index contributed by atoms with van der Waals surface area (Å²) in [4.78, 5) is 11.4. The number of anilines is 3. The van der Waals surface area contributed by atoms with Crippen molar-refractivity contribution in [1.82, 2.24) is 9.97 Å². The third kappa shape index (κ3) is 4.10. The lowest BCUT2D eigenvalue weighted by atomic mass is 9.93. The minimum atomic E-state index is 0.434. The normalized spacial score (nSPS) is 15.0. The van der Waals surface area contributed by atoms with Gasteiger partial charge >= 0.3 is 0 Å². The largest absolute Gasteiger partial charge is 0.378 e. The first-order valence-electron chi connectivity index (χ1n) is 9.12. The van der Waals surface area contributed by atoms with E-state index in [9.17, 15) is 0 Å². The molecule has 0 saturated carbocycles. The van der Waals surface area contributed by atoms with Crippen LogP contribution in [0.15, 0.2) is 30.5 Å². The second kappa shape index (κ2) is 7.83. The third-order valence-electron chi connectivity index (χ3n) is 4.59. The van der Waals surface area contributed by atoms with E-state index in [0.717, 1.165) is 37.8 Å². The van der Waals surface area contributed by atoms with E-state index in [0.29, 0.717) is 17.8 Å². The van der Waals surface area contributed by atoms with E-state index >= 15 is 0 Å². The lowest BCUT2D eigenvalue weighted by molar-refractivity contribution is 0.122. The Morgan fingerprint density at radius 2 is 1.64 bits per heavy atom. The molecule has 0 atom stereocenters. The van der Waals surface area contributed by atoms with E-state index in [2.05, 4.69) is 61.1 Å². The lowest BCUT2D eigenvalue weighted by Gasteiger charge is -2.28. The Hall–Kier alpha value is -2.14. The van der Waals surface area contributed by atoms with Crippen LogP contribution in [0, 0.1) is 0 Å². The van der Waals surface area contributed by atoms with Crippen molar-refractivity contribution in [3.8, 4) is 0 Å². The molecule has 1 aromatic heterocycles. The number of morpholine rings is 1. The molecule has 0 radical (unpaired) electrons. The Labute approximate surface area is 150 Å². The smallest absolute Gasteiger partial charge is 0.229 e. The van der Waals surface area contributed by atoms with Gasteiger partial charge in [0.05, 0.1) is 13.2 Å². The number of rotatable bonds is 5. The summed E-state index contributed by atoms with van der Waals surface area (Å²) in [6.07, 6.45) is 1.83. The van der Waals surface area contributed by atoms with Gasteiger partial charge in [-0.15, -0.1) is 0 Å². The van der Waals surface area contributed by atoms with Crippen molar-refractivity contribution >= 4 is 17.5 Å². The van der Waals surface area contributed by atoms with Crippen molar-refractivity contribution in [3.05, 3.63) is 41.6 Å². The number of nitrogens with one attached hydrogen (secondary N) is 1. The molecule has 0 unspecified atom stereocenters. The fourth-order valence-corrected chi connectivity index (χ4v) is 3.19. The van der Waals surface area contributed by atoms with Crippen LogP contribution in [0.3, 0.4) is 0 Å². The number of ether oxygens (including phenoxy) is 1. The van der Waals surface area contributed by atoms with E-state index < -0.39 is 0 Å². The quantitative estimate of drug-likeness (QED) is 0.879. The van der Waals surface area contributed by atoms with Gasteiger partial charge < -0.3 is 15.0 Å². The van der Waals surface area contributed by atoms with Crippen molar-refractivity contribution in [2.24, 2.45) is 0 Å². The standard InChI is InChI=1S/C20H28N4O/c1-14(2)16-6-5-7-17(15(3)4)19(16)23-20-21-9-8-18(22-20)24-10-12-25-13-11-24/h5-9,14-15H,10-13H2,1-4H3,(H,21,22,23). The van der Waals surface area contributed by atoms with Crippen molar-refractivity contribution in [3.63, 3.8) is 0 Å². The molecule has 2 aromatic rings. The second-order valence-electron chi connectivity index (χ2n) is 7.08. The van der Waals surface area contributed by atoms with Crippen molar-refractivity contribution < 1.29 is 4.74 Å². The molecule has 5 heteroatoms. The maximum atomic E-state index is 5.43. The SMILES string of the molecule is CC(C)c1cccc(C(C)C)c1Nc1nccc(N2CCOCC2)n1. The fraction of sp³-hybridized carbons (Fsp3) is 0.500. The lowest BCUT2D eigenvalue weighted by Crippen LogP contribution is -2.36. The number of benzene rings is 1. The maximum absolute atomic E-state index is 5.43. The van der Waals surface area contributed by atoms with E-state index in [4.69, 9.17) is 9.72 Å². The van der Waals surface area contributed by atoms with Gasteiger partial charge in [-0.05, 0) is 29.0 Å². The Bertz CT molecular complexity index is 682. The molecule has 2 heterocycles. The number of hydrogen-bond donors (Lipinski definition) is 1. The molecule has 1 aromatic carbocycles. The van der Waals surface area contributed by atoms with Gasteiger partial charge in [-0.2, -0.15) is 4.98 Å². The van der Waals surface area contributed by atoms with Crippen LogP contribution in [0.4, 0.5) is 17.5 Å². The Morgan fingerprint density at radius 1 is 1.00 bits per heavy atom. The molecule has 1 fully saturated rings. The molecule has 0 spiro atoms. The van der Waals surface area contributed by atoms with Crippen LogP contribution in [0.1, 0.15) is 50.7 Å². The zero-order valence-electron chi connectivity index (χ0n) is 15.6. The maximum Gasteiger partial charge on any atom is 0.229 e. The summed E-state index contributed by atoms with van der Waals surface area (Å²) >= 11 is 0. The highest BCUT2D eigenvalue weighted by Gasteiger charge is 2.16. The minimum absolute atomic E-state index is 0.434. The molecule has 25 heavy (non-hydrogen) atoms. The van der Waals surface area contributed by atoms with Crippen LogP contribution in [0.2, 0.25) is 0 Å². The molecule has 1 N–H and O–H groups in total. The molecular weight excluding hydrogens is 312 g/mol. The molecule has 0 bridgehead atoms. The average molecular weight is 340 g/mol. The van der Waals surface area contributed by atoms with E-state index in [1.54, 1.807) is 0 Å². The van der Waals surface area contributed by atoms with E-state index in [1.807, 2.05) is 12.3 Å². The van der Waals surface area contributed by atoms with Crippen LogP contribution in [0.5, 0.6) is 0 Å². The van der Waals surface area contributed by atoms with Gasteiger partial charge in [-0.25, -0.2) is 4.98 Å². The van der Waals surface area contributed by atoms with Crippen molar-refractivity contribution in [1.29, 1.82) is 0 Å². The monoisotopic (exact) mass is 340 g/mol. The predicted molar refractivity (Wildman–Crippen MR) is 103 cm³/mol. The fourth-order valence-electron chi connectivity index (χ4n) is 3.19. The molecular formula is C20H28N4O. The summed E-state index contributed by atoms with van der Waals surface area (Å²) in [7, 11) is 0. The first-order chi connectivity index (χ1) is 12.1. The summed E-state index contributed by atoms with van der Waals surface area (Å²) < 4.78 is 5.43. The summed E-state index contributed by atoms with van der Waals surface area (Å²) in [5.41, 5.74) is 3.74. The average Bonchev–Trinajstić information content (AvgIpc) is 2.62. The molecule has 0 amide bonds. The highest BCUT2D eigenvalue weighted by atomic mass is 16.5. The Balaban J connectivity index is 1.92. The van der Waals surface area contributed by atoms with Gasteiger partial charge in [-0.3, -0.25) is 0 Å². The van der Waals surface area contributed by atoms with Crippen LogP contribution in [-0.2, 0) is 4.74 Å². The minimum Gasteiger partial charge on any atom is -0.378 e. The van der Waals surface area contributed by atoms with Gasteiger partial charge in [0, 0.05) is 25.0 Å². The molecule has 1 saturated heterocycles. The molecule has 1 aliphatic heterocycles. The van der Waals surface area contributed by atoms with Crippen LogP contribution in [-0.4, -0.2) is 36.3 Å². The van der Waals surface area contributed by atoms with Gasteiger partial charge in [0.1, 0.15) is 5.82 Å². The molecule has 3 rings (SSSR count). The third-order valence-corrected chi connectivity index (χ3v) is 4.59. The van der Waals surface area contributed by atoms with Gasteiger partial charge in [-0.1, -0.05) is 45.9 Å². The molecule has 5 nitrogen and oxygen atoms in total. The summed E-state index contributed by atoms with van der Waals surface area (Å²) in [6.45, 7) is 12.1. The van der Waals surface area contributed by atoms with Crippen molar-refractivity contribution in [2.45, 2.75) is 39.5 Å². The zero-order valence-corrected chi connectivity index (χ0v) is 15.6. The first-order valence-corrected chi connectivity index (χ1v) is 9.12. The van der Waals surface area contributed by atoms with E-state index in [1.165, 1.54) is 11.1 Å². The van der Waals surface area contributed by atoms with Crippen LogP contribution >= 0.6 is 0 Å². The number of hydrogen-bond acceptors (Lipinski definition) is 5. The highest BCUT2D eigenvalue weighted by molar-refractivity contribution is 5.66. The highest BCUT2D eigenvalue weighted by Crippen LogP contribution is 2.34. The molecule has 1 aliphatic rings. The number of aromatic nitrogens is 2. The first kappa shape index (κ1) is 17.7. The second-order valence-corrected chi connectivity index (χ2v) is 7.08. The number of para-hydroxylation sites is 1. The van der Waals surface area contributed by atoms with Gasteiger partial charge in [0.15, 0.2) is 0 Å². The van der Waals surface area contributed by atoms with Gasteiger partial charge in [0.25, 0.3) is 0 Å². The molecule has 134 valence electrons. The van der Waals surface area contributed by atoms with E-state index in [-0.39, 0.29) is 0 Å². The molecule has 0 aliphatic carbocycles. The summed E-state index contributed by atoms with van der Waals surface area (Å²) in [6, 6.07) is 8.48. The van der Waals surface area contributed by atoms with Crippen LogP contribution < -0.4 is 10.2 Å². The topological polar surface area (TPSA) is 50.3 Å².